The van der Waals surface area contributed by atoms with Crippen molar-refractivity contribution in [2.75, 3.05) is 31.3 Å². The quantitative estimate of drug-likeness (QED) is 0.213. The van der Waals surface area contributed by atoms with Gasteiger partial charge in [-0.25, -0.2) is 0 Å². The van der Waals surface area contributed by atoms with Crippen molar-refractivity contribution < 1.29 is 14.3 Å². The van der Waals surface area contributed by atoms with Crippen molar-refractivity contribution in [1.82, 2.24) is 14.9 Å². The average Bonchev–Trinajstić information content (AvgIpc) is 2.90. The lowest BCUT2D eigenvalue weighted by molar-refractivity contribution is -0.116. The van der Waals surface area contributed by atoms with Gasteiger partial charge in [-0.2, -0.15) is 0 Å². The van der Waals surface area contributed by atoms with Crippen LogP contribution in [0.2, 0.25) is 5.02 Å². The molecule has 9 heteroatoms. The highest BCUT2D eigenvalue weighted by Gasteiger charge is 2.15. The highest BCUT2D eigenvalue weighted by molar-refractivity contribution is 6.33. The first-order valence-electron chi connectivity index (χ1n) is 12.7. The molecular weight excluding hydrogens is 514 g/mol. The van der Waals surface area contributed by atoms with E-state index in [1.165, 1.54) is 6.20 Å². The molecule has 2 N–H and O–H groups in total. The predicted octanol–water partition coefficient (Wildman–Crippen LogP) is 6.32. The summed E-state index contributed by atoms with van der Waals surface area (Å²) in [7, 11) is 3.96. The number of nitrogens with zero attached hydrogens (tertiary/aromatic N) is 3. The van der Waals surface area contributed by atoms with E-state index in [-0.39, 0.29) is 5.91 Å². The Balaban J connectivity index is 1.58. The van der Waals surface area contributed by atoms with Crippen molar-refractivity contribution in [3.05, 3.63) is 82.3 Å². The number of halogens is 1. The standard InChI is InChI=1S/C30H32ClN5O3/c1-19-7-5-11-32-28(19)18-39-22-9-10-25(24(31)14-22)35-30-21(17-37)16-33-27-13-20(2)26(15-23(27)30)34-29(38)8-6-12-36(3)4/h5,7,9-11,13-17H,6,8,12,18H2,1-4H3,(H,33,35)(H,34,38). The van der Waals surface area contributed by atoms with Crippen LogP contribution in [-0.4, -0.2) is 47.7 Å². The highest BCUT2D eigenvalue weighted by atomic mass is 35.5. The highest BCUT2D eigenvalue weighted by Crippen LogP contribution is 2.35. The summed E-state index contributed by atoms with van der Waals surface area (Å²) >= 11 is 6.61. The minimum absolute atomic E-state index is 0.0622. The summed E-state index contributed by atoms with van der Waals surface area (Å²) in [5.74, 6) is 0.536. The summed E-state index contributed by atoms with van der Waals surface area (Å²) in [6.45, 7) is 5.06. The molecule has 4 aromatic rings. The maximum Gasteiger partial charge on any atom is 0.224 e. The number of aryl methyl sites for hydroxylation is 2. The van der Waals surface area contributed by atoms with Crippen LogP contribution >= 0.6 is 11.6 Å². The van der Waals surface area contributed by atoms with Gasteiger partial charge in [-0.1, -0.05) is 17.7 Å². The summed E-state index contributed by atoms with van der Waals surface area (Å²) in [4.78, 5) is 35.4. The van der Waals surface area contributed by atoms with Gasteiger partial charge in [0.1, 0.15) is 12.4 Å². The first kappa shape index (κ1) is 28.0. The van der Waals surface area contributed by atoms with Gasteiger partial charge >= 0.3 is 0 Å². The number of hydrogen-bond donors (Lipinski definition) is 2. The second kappa shape index (κ2) is 12.7. The van der Waals surface area contributed by atoms with Gasteiger partial charge < -0.3 is 20.3 Å². The van der Waals surface area contributed by atoms with Crippen molar-refractivity contribution in [2.24, 2.45) is 0 Å². The summed E-state index contributed by atoms with van der Waals surface area (Å²) < 4.78 is 5.90. The molecule has 0 saturated carbocycles. The molecule has 2 aromatic heterocycles. The van der Waals surface area contributed by atoms with Crippen LogP contribution in [-0.2, 0) is 11.4 Å². The lowest BCUT2D eigenvalue weighted by atomic mass is 10.0. The SMILES string of the molecule is Cc1cc2ncc(C=O)c(Nc3ccc(OCc4ncccc4C)cc3Cl)c2cc1NC(=O)CCCN(C)C. The van der Waals surface area contributed by atoms with Gasteiger partial charge in [0, 0.05) is 36.0 Å². The Morgan fingerprint density at radius 2 is 1.90 bits per heavy atom. The number of ether oxygens (including phenoxy) is 1. The van der Waals surface area contributed by atoms with E-state index in [0.29, 0.717) is 57.3 Å². The van der Waals surface area contributed by atoms with Crippen molar-refractivity contribution >= 4 is 51.8 Å². The van der Waals surface area contributed by atoms with Gasteiger partial charge in [-0.3, -0.25) is 19.6 Å². The third-order valence-corrected chi connectivity index (χ3v) is 6.66. The Morgan fingerprint density at radius 1 is 1.08 bits per heavy atom. The second-order valence-electron chi connectivity index (χ2n) is 9.67. The van der Waals surface area contributed by atoms with Crippen LogP contribution in [0.4, 0.5) is 17.1 Å². The Bertz CT molecular complexity index is 1510. The molecule has 4 rings (SSSR count). The van der Waals surface area contributed by atoms with Crippen LogP contribution in [0.1, 0.15) is 40.0 Å². The van der Waals surface area contributed by atoms with Crippen LogP contribution in [0.5, 0.6) is 5.75 Å². The number of amides is 1. The fourth-order valence-corrected chi connectivity index (χ4v) is 4.35. The fraction of sp³-hybridized carbons (Fsp3) is 0.267. The molecule has 0 spiro atoms. The summed E-state index contributed by atoms with van der Waals surface area (Å²) in [5, 5.41) is 7.42. The molecule has 0 unspecified atom stereocenters. The second-order valence-corrected chi connectivity index (χ2v) is 10.1. The molecule has 39 heavy (non-hydrogen) atoms. The van der Waals surface area contributed by atoms with E-state index in [0.717, 1.165) is 36.1 Å². The first-order valence-corrected chi connectivity index (χ1v) is 13.1. The number of carbonyl (C=O) groups is 2. The van der Waals surface area contributed by atoms with Crippen LogP contribution < -0.4 is 15.4 Å². The molecule has 8 nitrogen and oxygen atoms in total. The van der Waals surface area contributed by atoms with Crippen molar-refractivity contribution in [3.8, 4) is 5.75 Å². The van der Waals surface area contributed by atoms with Gasteiger partial charge in [-0.15, -0.1) is 0 Å². The third-order valence-electron chi connectivity index (χ3n) is 6.35. The molecule has 0 aliphatic carbocycles. The molecule has 0 saturated heterocycles. The van der Waals surface area contributed by atoms with Gasteiger partial charge in [0.25, 0.3) is 0 Å². The number of anilines is 3. The molecule has 2 aromatic carbocycles. The zero-order valence-electron chi connectivity index (χ0n) is 22.5. The smallest absolute Gasteiger partial charge is 0.224 e. The number of pyridine rings is 2. The van der Waals surface area contributed by atoms with Gasteiger partial charge in [0.05, 0.1) is 33.2 Å². The number of benzene rings is 2. The topological polar surface area (TPSA) is 96.5 Å². The molecule has 0 atom stereocenters. The maximum absolute atomic E-state index is 12.6. The lowest BCUT2D eigenvalue weighted by Crippen LogP contribution is -2.17. The number of carbonyl (C=O) groups excluding carboxylic acids is 2. The van der Waals surface area contributed by atoms with Gasteiger partial charge in [0.15, 0.2) is 6.29 Å². The number of aromatic nitrogens is 2. The van der Waals surface area contributed by atoms with Gasteiger partial charge in [-0.05, 0) is 82.4 Å². The normalized spacial score (nSPS) is 11.0. The van der Waals surface area contributed by atoms with Crippen LogP contribution in [0, 0.1) is 13.8 Å². The Kier molecular flexibility index (Phi) is 9.11. The van der Waals surface area contributed by atoms with E-state index in [1.807, 2.05) is 57.1 Å². The average molecular weight is 546 g/mol. The Hall–Kier alpha value is -4.01. The Morgan fingerprint density at radius 3 is 2.62 bits per heavy atom. The van der Waals surface area contributed by atoms with E-state index in [1.54, 1.807) is 24.4 Å². The zero-order chi connectivity index (χ0) is 27.9. The molecule has 0 aliphatic heterocycles. The summed E-state index contributed by atoms with van der Waals surface area (Å²) in [6.07, 6.45) is 5.18. The van der Waals surface area contributed by atoms with Crippen LogP contribution in [0.25, 0.3) is 10.9 Å². The summed E-state index contributed by atoms with van der Waals surface area (Å²) in [5.41, 5.74) is 5.66. The van der Waals surface area contributed by atoms with E-state index < -0.39 is 0 Å². The number of rotatable bonds is 11. The van der Waals surface area contributed by atoms with Crippen LogP contribution in [0.15, 0.2) is 54.9 Å². The minimum atomic E-state index is -0.0622. The molecule has 0 bridgehead atoms. The van der Waals surface area contributed by atoms with E-state index in [4.69, 9.17) is 16.3 Å². The third kappa shape index (κ3) is 7.10. The molecule has 202 valence electrons. The molecule has 1 amide bonds. The number of aldehydes is 1. The molecule has 2 heterocycles. The van der Waals surface area contributed by atoms with E-state index >= 15 is 0 Å². The molecule has 0 radical (unpaired) electrons. The maximum atomic E-state index is 12.6. The fourth-order valence-electron chi connectivity index (χ4n) is 4.13. The van der Waals surface area contributed by atoms with Crippen molar-refractivity contribution in [2.45, 2.75) is 33.3 Å². The van der Waals surface area contributed by atoms with E-state index in [2.05, 4.69) is 20.6 Å². The number of fused-ring (bicyclic) bond motifs is 1. The molecule has 0 fully saturated rings. The van der Waals surface area contributed by atoms with Gasteiger partial charge in [0.2, 0.25) is 5.91 Å². The summed E-state index contributed by atoms with van der Waals surface area (Å²) in [6, 6.07) is 12.9. The largest absolute Gasteiger partial charge is 0.487 e. The van der Waals surface area contributed by atoms with Crippen LogP contribution in [0.3, 0.4) is 0 Å². The zero-order valence-corrected chi connectivity index (χ0v) is 23.3. The lowest BCUT2D eigenvalue weighted by Gasteiger charge is -2.16. The number of hydrogen-bond acceptors (Lipinski definition) is 7. The van der Waals surface area contributed by atoms with E-state index in [9.17, 15) is 9.59 Å². The predicted molar refractivity (Wildman–Crippen MR) is 156 cm³/mol. The molecular formula is C30H32ClN5O3. The Labute approximate surface area is 233 Å². The first-order chi connectivity index (χ1) is 18.7. The van der Waals surface area contributed by atoms with Crippen molar-refractivity contribution in [1.29, 1.82) is 0 Å². The van der Waals surface area contributed by atoms with Crippen molar-refractivity contribution in [3.63, 3.8) is 0 Å². The number of nitrogens with one attached hydrogen (secondary N) is 2. The monoisotopic (exact) mass is 545 g/mol. The molecule has 0 aliphatic rings. The minimum Gasteiger partial charge on any atom is -0.487 e.